The van der Waals surface area contributed by atoms with Gasteiger partial charge in [0.2, 0.25) is 5.89 Å². The molecule has 2 rings (SSSR count). The standard InChI is InChI=1S/C10H8BrNO3S/c1-4-3-6(16-8(4)11)9-12-7(10(13)14)5(2)15-9/h3H,1-2H3,(H,13,14). The normalized spacial score (nSPS) is 10.7. The summed E-state index contributed by atoms with van der Waals surface area (Å²) in [6.45, 7) is 3.55. The van der Waals surface area contributed by atoms with Crippen molar-refractivity contribution in [2.45, 2.75) is 13.8 Å². The molecule has 0 saturated carbocycles. The van der Waals surface area contributed by atoms with Crippen molar-refractivity contribution in [1.29, 1.82) is 0 Å². The quantitative estimate of drug-likeness (QED) is 0.922. The predicted molar refractivity (Wildman–Crippen MR) is 63.9 cm³/mol. The smallest absolute Gasteiger partial charge is 0.358 e. The number of hydrogen-bond donors (Lipinski definition) is 1. The second-order valence-corrected chi connectivity index (χ2v) is 5.67. The van der Waals surface area contributed by atoms with E-state index < -0.39 is 5.97 Å². The van der Waals surface area contributed by atoms with Gasteiger partial charge in [0, 0.05) is 0 Å². The molecule has 4 nitrogen and oxygen atoms in total. The molecule has 0 fully saturated rings. The molecular weight excluding hydrogens is 294 g/mol. The maximum Gasteiger partial charge on any atom is 0.358 e. The van der Waals surface area contributed by atoms with Gasteiger partial charge >= 0.3 is 5.97 Å². The van der Waals surface area contributed by atoms with Gasteiger partial charge in [0.1, 0.15) is 5.76 Å². The Labute approximate surface area is 104 Å². The third-order valence-corrected chi connectivity index (χ3v) is 4.19. The topological polar surface area (TPSA) is 63.3 Å². The molecule has 0 aliphatic rings. The van der Waals surface area contributed by atoms with Crippen LogP contribution >= 0.6 is 27.3 Å². The average molecular weight is 302 g/mol. The van der Waals surface area contributed by atoms with Crippen molar-refractivity contribution >= 4 is 33.2 Å². The number of carbonyl (C=O) groups is 1. The van der Waals surface area contributed by atoms with Gasteiger partial charge in [-0.15, -0.1) is 11.3 Å². The van der Waals surface area contributed by atoms with Crippen LogP contribution in [0.15, 0.2) is 14.3 Å². The minimum absolute atomic E-state index is 0.0304. The Hall–Kier alpha value is -1.14. The van der Waals surface area contributed by atoms with Gasteiger partial charge < -0.3 is 9.52 Å². The van der Waals surface area contributed by atoms with E-state index in [1.54, 1.807) is 6.92 Å². The number of rotatable bonds is 2. The van der Waals surface area contributed by atoms with Crippen molar-refractivity contribution in [3.05, 3.63) is 26.9 Å². The number of carboxylic acid groups (broad SMARTS) is 1. The Bertz CT molecular complexity index is 539. The summed E-state index contributed by atoms with van der Waals surface area (Å²) in [6.07, 6.45) is 0. The average Bonchev–Trinajstić information content (AvgIpc) is 2.71. The van der Waals surface area contributed by atoms with Gasteiger partial charge in [0.15, 0.2) is 5.69 Å². The third-order valence-electron chi connectivity index (χ3n) is 2.07. The van der Waals surface area contributed by atoms with Crippen molar-refractivity contribution in [3.63, 3.8) is 0 Å². The van der Waals surface area contributed by atoms with E-state index in [1.807, 2.05) is 13.0 Å². The Morgan fingerprint density at radius 3 is 2.69 bits per heavy atom. The summed E-state index contributed by atoms with van der Waals surface area (Å²) in [5, 5.41) is 8.86. The van der Waals surface area contributed by atoms with Crippen LogP contribution in [0.4, 0.5) is 0 Å². The second-order valence-electron chi connectivity index (χ2n) is 3.30. The minimum Gasteiger partial charge on any atom is -0.476 e. The van der Waals surface area contributed by atoms with Gasteiger partial charge in [-0.3, -0.25) is 0 Å². The Morgan fingerprint density at radius 2 is 2.25 bits per heavy atom. The zero-order valence-electron chi connectivity index (χ0n) is 8.57. The van der Waals surface area contributed by atoms with E-state index >= 15 is 0 Å². The Morgan fingerprint density at radius 1 is 1.56 bits per heavy atom. The highest BCUT2D eigenvalue weighted by atomic mass is 79.9. The van der Waals surface area contributed by atoms with Crippen LogP contribution in [-0.4, -0.2) is 16.1 Å². The lowest BCUT2D eigenvalue weighted by molar-refractivity contribution is 0.0689. The number of thiophene rings is 1. The highest BCUT2D eigenvalue weighted by molar-refractivity contribution is 9.11. The van der Waals surface area contributed by atoms with Crippen LogP contribution in [0.1, 0.15) is 21.8 Å². The van der Waals surface area contributed by atoms with Gasteiger partial charge in [0.05, 0.1) is 8.66 Å². The van der Waals surface area contributed by atoms with Crippen LogP contribution in [0.3, 0.4) is 0 Å². The first kappa shape index (κ1) is 11.3. The molecule has 0 aliphatic carbocycles. The molecule has 0 aromatic carbocycles. The van der Waals surface area contributed by atoms with E-state index in [-0.39, 0.29) is 5.69 Å². The van der Waals surface area contributed by atoms with Crippen LogP contribution < -0.4 is 0 Å². The van der Waals surface area contributed by atoms with Gasteiger partial charge in [-0.1, -0.05) is 0 Å². The fraction of sp³-hybridized carbons (Fsp3) is 0.200. The Balaban J connectivity index is 2.49. The molecule has 2 heterocycles. The van der Waals surface area contributed by atoms with Crippen LogP contribution in [0.5, 0.6) is 0 Å². The van der Waals surface area contributed by atoms with Crippen molar-refractivity contribution in [2.24, 2.45) is 0 Å². The largest absolute Gasteiger partial charge is 0.476 e. The molecule has 0 unspecified atom stereocenters. The maximum atomic E-state index is 10.8. The van der Waals surface area contributed by atoms with Crippen molar-refractivity contribution < 1.29 is 14.3 Å². The molecule has 6 heteroatoms. The molecule has 1 N–H and O–H groups in total. The van der Waals surface area contributed by atoms with Gasteiger partial charge in [-0.2, -0.15) is 0 Å². The van der Waals surface area contributed by atoms with Gasteiger partial charge in [0.25, 0.3) is 0 Å². The van der Waals surface area contributed by atoms with E-state index in [1.165, 1.54) is 11.3 Å². The summed E-state index contributed by atoms with van der Waals surface area (Å²) < 4.78 is 6.32. The van der Waals surface area contributed by atoms with Gasteiger partial charge in [-0.25, -0.2) is 9.78 Å². The molecule has 0 atom stereocenters. The van der Waals surface area contributed by atoms with Crippen molar-refractivity contribution in [3.8, 4) is 10.8 Å². The Kier molecular flexibility index (Phi) is 2.86. The molecule has 16 heavy (non-hydrogen) atoms. The zero-order chi connectivity index (χ0) is 11.9. The molecule has 0 amide bonds. The number of halogens is 1. The van der Waals surface area contributed by atoms with E-state index in [2.05, 4.69) is 20.9 Å². The molecule has 0 bridgehead atoms. The first-order chi connectivity index (χ1) is 7.49. The minimum atomic E-state index is -1.07. The van der Waals surface area contributed by atoms with Crippen LogP contribution in [0, 0.1) is 13.8 Å². The molecule has 2 aromatic heterocycles. The molecule has 2 aromatic rings. The lowest BCUT2D eigenvalue weighted by Gasteiger charge is -1.85. The summed E-state index contributed by atoms with van der Waals surface area (Å²) in [5.74, 6) is -0.391. The fourth-order valence-corrected chi connectivity index (χ4v) is 2.73. The van der Waals surface area contributed by atoms with Crippen molar-refractivity contribution in [2.75, 3.05) is 0 Å². The first-order valence-corrected chi connectivity index (χ1v) is 6.07. The van der Waals surface area contributed by atoms with Crippen LogP contribution in [0.25, 0.3) is 10.8 Å². The molecule has 0 saturated heterocycles. The monoisotopic (exact) mass is 301 g/mol. The third kappa shape index (κ3) is 1.90. The van der Waals surface area contributed by atoms with Gasteiger partial charge in [-0.05, 0) is 41.4 Å². The molecule has 0 aliphatic heterocycles. The summed E-state index contributed by atoms with van der Waals surface area (Å²) in [4.78, 5) is 15.6. The lowest BCUT2D eigenvalue weighted by Crippen LogP contribution is -1.98. The number of nitrogens with zero attached hydrogens (tertiary/aromatic N) is 1. The lowest BCUT2D eigenvalue weighted by atomic mass is 10.3. The van der Waals surface area contributed by atoms with E-state index in [0.717, 1.165) is 14.2 Å². The number of oxazole rings is 1. The predicted octanol–water partition coefficient (Wildman–Crippen LogP) is 3.48. The van der Waals surface area contributed by atoms with E-state index in [0.29, 0.717) is 11.7 Å². The molecule has 0 radical (unpaired) electrons. The molecule has 0 spiro atoms. The first-order valence-electron chi connectivity index (χ1n) is 4.46. The van der Waals surface area contributed by atoms with Crippen LogP contribution in [0.2, 0.25) is 0 Å². The number of hydrogen-bond acceptors (Lipinski definition) is 4. The zero-order valence-corrected chi connectivity index (χ0v) is 11.0. The molecule has 84 valence electrons. The number of aromatic nitrogens is 1. The van der Waals surface area contributed by atoms with Crippen LogP contribution in [-0.2, 0) is 0 Å². The fourth-order valence-electron chi connectivity index (χ4n) is 1.27. The van der Waals surface area contributed by atoms with E-state index in [4.69, 9.17) is 9.52 Å². The SMILES string of the molecule is Cc1cc(-c2nc(C(=O)O)c(C)o2)sc1Br. The summed E-state index contributed by atoms with van der Waals surface area (Å²) in [5.41, 5.74) is 1.05. The summed E-state index contributed by atoms with van der Waals surface area (Å²) in [7, 11) is 0. The highest BCUT2D eigenvalue weighted by Crippen LogP contribution is 2.34. The summed E-state index contributed by atoms with van der Waals surface area (Å²) >= 11 is 4.87. The number of aromatic carboxylic acids is 1. The van der Waals surface area contributed by atoms with E-state index in [9.17, 15) is 4.79 Å². The number of aryl methyl sites for hydroxylation is 2. The highest BCUT2D eigenvalue weighted by Gasteiger charge is 2.18. The summed E-state index contributed by atoms with van der Waals surface area (Å²) in [6, 6.07) is 1.91. The number of carboxylic acids is 1. The second kappa shape index (κ2) is 4.03. The molecular formula is C10H8BrNO3S. The van der Waals surface area contributed by atoms with Crippen molar-refractivity contribution in [1.82, 2.24) is 4.98 Å². The maximum absolute atomic E-state index is 10.8.